The molecule has 0 unspecified atom stereocenters. The molecular weight excluding hydrogens is 380 g/mol. The second-order valence-electron chi connectivity index (χ2n) is 7.47. The van der Waals surface area contributed by atoms with Gasteiger partial charge in [0, 0.05) is 13.1 Å². The third kappa shape index (κ3) is 4.45. The molecule has 0 radical (unpaired) electrons. The van der Waals surface area contributed by atoms with Gasteiger partial charge in [0.05, 0.1) is 11.4 Å². The zero-order chi connectivity index (χ0) is 20.5. The molecule has 0 bridgehead atoms. The molecule has 2 N–H and O–H groups in total. The van der Waals surface area contributed by atoms with Crippen molar-refractivity contribution in [1.82, 2.24) is 9.62 Å². The summed E-state index contributed by atoms with van der Waals surface area (Å²) in [6.45, 7) is 6.24. The van der Waals surface area contributed by atoms with Crippen LogP contribution in [0.4, 0.5) is 0 Å². The zero-order valence-electron chi connectivity index (χ0n) is 16.3. The standard InChI is InChI=1S/C20H26N2O5S/c1-13(2)19(23)20(24)22-9-8-15-5-7-18(10-16(15)12-22)28(25,26)21-11-17-6-4-14(3)27-17/h4-7,10,13,19,21,23H,8-9,11-12H2,1-3H3/t19-/m1/s1. The number of carbonyl (C=O) groups is 1. The number of aliphatic hydroxyl groups excluding tert-OH is 1. The van der Waals surface area contributed by atoms with E-state index >= 15 is 0 Å². The van der Waals surface area contributed by atoms with Crippen LogP contribution >= 0.6 is 0 Å². The van der Waals surface area contributed by atoms with Gasteiger partial charge in [-0.25, -0.2) is 13.1 Å². The van der Waals surface area contributed by atoms with Crippen LogP contribution in [0.15, 0.2) is 39.6 Å². The maximum absolute atomic E-state index is 12.6. The van der Waals surface area contributed by atoms with Crippen molar-refractivity contribution in [2.45, 2.75) is 51.3 Å². The summed E-state index contributed by atoms with van der Waals surface area (Å²) in [5.41, 5.74) is 1.80. The van der Waals surface area contributed by atoms with Crippen molar-refractivity contribution in [2.75, 3.05) is 6.54 Å². The number of benzene rings is 1. The van der Waals surface area contributed by atoms with E-state index in [0.29, 0.717) is 25.3 Å². The lowest BCUT2D eigenvalue weighted by atomic mass is 9.98. The number of hydrogen-bond acceptors (Lipinski definition) is 5. The van der Waals surface area contributed by atoms with Crippen LogP contribution in [-0.2, 0) is 34.3 Å². The minimum Gasteiger partial charge on any atom is -0.465 e. The van der Waals surface area contributed by atoms with Gasteiger partial charge in [0.2, 0.25) is 10.0 Å². The first kappa shape index (κ1) is 20.6. The zero-order valence-corrected chi connectivity index (χ0v) is 17.1. The molecule has 2 aromatic rings. The molecule has 1 atom stereocenters. The lowest BCUT2D eigenvalue weighted by Crippen LogP contribution is -2.44. The molecule has 152 valence electrons. The lowest BCUT2D eigenvalue weighted by Gasteiger charge is -2.31. The second kappa shape index (κ2) is 8.06. The van der Waals surface area contributed by atoms with E-state index in [-0.39, 0.29) is 23.3 Å². The summed E-state index contributed by atoms with van der Waals surface area (Å²) in [4.78, 5) is 14.2. The molecule has 0 fully saturated rings. The van der Waals surface area contributed by atoms with E-state index in [1.807, 2.05) is 0 Å². The summed E-state index contributed by atoms with van der Waals surface area (Å²) >= 11 is 0. The van der Waals surface area contributed by atoms with Crippen LogP contribution in [0.3, 0.4) is 0 Å². The lowest BCUT2D eigenvalue weighted by molar-refractivity contribution is -0.143. The molecule has 3 rings (SSSR count). The highest BCUT2D eigenvalue weighted by atomic mass is 32.2. The fraction of sp³-hybridized carbons (Fsp3) is 0.450. The highest BCUT2D eigenvalue weighted by Crippen LogP contribution is 2.24. The van der Waals surface area contributed by atoms with E-state index in [2.05, 4.69) is 4.72 Å². The van der Waals surface area contributed by atoms with Crippen molar-refractivity contribution in [2.24, 2.45) is 5.92 Å². The van der Waals surface area contributed by atoms with Crippen molar-refractivity contribution >= 4 is 15.9 Å². The van der Waals surface area contributed by atoms with Crippen LogP contribution in [0, 0.1) is 12.8 Å². The summed E-state index contributed by atoms with van der Waals surface area (Å²) in [7, 11) is -3.71. The number of fused-ring (bicyclic) bond motifs is 1. The van der Waals surface area contributed by atoms with Gasteiger partial charge in [0.15, 0.2) is 0 Å². The van der Waals surface area contributed by atoms with E-state index in [0.717, 1.165) is 16.9 Å². The Labute approximate surface area is 165 Å². The third-order valence-electron chi connectivity index (χ3n) is 4.93. The second-order valence-corrected chi connectivity index (χ2v) is 9.23. The Bertz CT molecular complexity index is 965. The Morgan fingerprint density at radius 2 is 2.00 bits per heavy atom. The van der Waals surface area contributed by atoms with E-state index in [4.69, 9.17) is 4.42 Å². The molecule has 0 saturated heterocycles. The normalized spacial score (nSPS) is 15.5. The molecule has 2 heterocycles. The SMILES string of the molecule is Cc1ccc(CNS(=O)(=O)c2ccc3c(c2)CN(C(=O)[C@H](O)C(C)C)CC3)o1. The molecule has 1 amide bonds. The number of aryl methyl sites for hydroxylation is 1. The quantitative estimate of drug-likeness (QED) is 0.764. The molecule has 1 aromatic heterocycles. The van der Waals surface area contributed by atoms with E-state index < -0.39 is 16.1 Å². The summed E-state index contributed by atoms with van der Waals surface area (Å²) in [5, 5.41) is 10.1. The highest BCUT2D eigenvalue weighted by molar-refractivity contribution is 7.89. The molecule has 1 aliphatic heterocycles. The Balaban J connectivity index is 1.75. The van der Waals surface area contributed by atoms with Crippen molar-refractivity contribution in [3.8, 4) is 0 Å². The minimum atomic E-state index is -3.71. The predicted molar refractivity (Wildman–Crippen MR) is 104 cm³/mol. The van der Waals surface area contributed by atoms with Crippen LogP contribution in [0.25, 0.3) is 0 Å². The maximum Gasteiger partial charge on any atom is 0.251 e. The number of rotatable bonds is 6. The molecule has 0 spiro atoms. The first-order chi connectivity index (χ1) is 13.2. The van der Waals surface area contributed by atoms with Gasteiger partial charge in [0.1, 0.15) is 17.6 Å². The number of hydrogen-bond donors (Lipinski definition) is 2. The fourth-order valence-corrected chi connectivity index (χ4v) is 4.23. The van der Waals surface area contributed by atoms with Gasteiger partial charge in [-0.3, -0.25) is 4.79 Å². The van der Waals surface area contributed by atoms with Crippen molar-refractivity contribution in [1.29, 1.82) is 0 Å². The first-order valence-electron chi connectivity index (χ1n) is 9.31. The van der Waals surface area contributed by atoms with Gasteiger partial charge in [-0.1, -0.05) is 19.9 Å². The maximum atomic E-state index is 12.6. The monoisotopic (exact) mass is 406 g/mol. The Hall–Kier alpha value is -2.16. The molecule has 0 saturated carbocycles. The first-order valence-corrected chi connectivity index (χ1v) is 10.8. The van der Waals surface area contributed by atoms with E-state index in [1.165, 1.54) is 0 Å². The molecular formula is C20H26N2O5S. The van der Waals surface area contributed by atoms with Crippen LogP contribution < -0.4 is 4.72 Å². The van der Waals surface area contributed by atoms with E-state index in [1.54, 1.807) is 56.0 Å². The summed E-state index contributed by atoms with van der Waals surface area (Å²) in [6.07, 6.45) is -0.419. The summed E-state index contributed by atoms with van der Waals surface area (Å²) in [6, 6.07) is 8.48. The molecule has 1 aromatic carbocycles. The van der Waals surface area contributed by atoms with Gasteiger partial charge >= 0.3 is 0 Å². The topological polar surface area (TPSA) is 99.9 Å². The van der Waals surface area contributed by atoms with Crippen molar-refractivity contribution in [3.63, 3.8) is 0 Å². The van der Waals surface area contributed by atoms with Crippen LogP contribution in [0.1, 0.15) is 36.5 Å². The number of nitrogens with zero attached hydrogens (tertiary/aromatic N) is 1. The van der Waals surface area contributed by atoms with Crippen molar-refractivity contribution in [3.05, 3.63) is 53.0 Å². The van der Waals surface area contributed by atoms with Crippen LogP contribution in [0.2, 0.25) is 0 Å². The molecule has 1 aliphatic rings. The van der Waals surface area contributed by atoms with Gasteiger partial charge in [-0.15, -0.1) is 0 Å². The number of carbonyl (C=O) groups excluding carboxylic acids is 1. The average Bonchev–Trinajstić information content (AvgIpc) is 3.09. The molecule has 7 nitrogen and oxygen atoms in total. The van der Waals surface area contributed by atoms with Gasteiger partial charge < -0.3 is 14.4 Å². The van der Waals surface area contributed by atoms with Crippen molar-refractivity contribution < 1.29 is 22.7 Å². The Kier molecular flexibility index (Phi) is 5.92. The Morgan fingerprint density at radius 1 is 1.25 bits per heavy atom. The fourth-order valence-electron chi connectivity index (χ4n) is 3.19. The van der Waals surface area contributed by atoms with Crippen LogP contribution in [0.5, 0.6) is 0 Å². The van der Waals surface area contributed by atoms with E-state index in [9.17, 15) is 18.3 Å². The largest absolute Gasteiger partial charge is 0.465 e. The van der Waals surface area contributed by atoms with Crippen LogP contribution in [-0.4, -0.2) is 37.0 Å². The number of sulfonamides is 1. The predicted octanol–water partition coefficient (Wildman–Crippen LogP) is 1.97. The molecule has 28 heavy (non-hydrogen) atoms. The summed E-state index contributed by atoms with van der Waals surface area (Å²) in [5.74, 6) is 0.769. The van der Waals surface area contributed by atoms with Gasteiger partial charge in [-0.05, 0) is 54.7 Å². The number of amides is 1. The number of aliphatic hydroxyl groups is 1. The summed E-state index contributed by atoms with van der Waals surface area (Å²) < 4.78 is 33.2. The average molecular weight is 407 g/mol. The number of nitrogens with one attached hydrogen (secondary N) is 1. The number of furan rings is 1. The Morgan fingerprint density at radius 3 is 2.64 bits per heavy atom. The smallest absolute Gasteiger partial charge is 0.251 e. The molecule has 0 aliphatic carbocycles. The molecule has 8 heteroatoms. The third-order valence-corrected chi connectivity index (χ3v) is 6.33. The highest BCUT2D eigenvalue weighted by Gasteiger charge is 2.28. The van der Waals surface area contributed by atoms with Gasteiger partial charge in [-0.2, -0.15) is 0 Å². The van der Waals surface area contributed by atoms with Gasteiger partial charge in [0.25, 0.3) is 5.91 Å². The minimum absolute atomic E-state index is 0.0679.